The normalized spacial score (nSPS) is 21.8. The molecule has 0 atom stereocenters. The molecule has 0 aromatic heterocycles. The molecule has 0 saturated carbocycles. The fourth-order valence-corrected chi connectivity index (χ4v) is 1.07. The van der Waals surface area contributed by atoms with Crippen LogP contribution in [-0.2, 0) is 4.74 Å². The van der Waals surface area contributed by atoms with Gasteiger partial charge < -0.3 is 4.74 Å². The van der Waals surface area contributed by atoms with Gasteiger partial charge in [0.25, 0.3) is 0 Å². The van der Waals surface area contributed by atoms with E-state index in [-0.39, 0.29) is 5.60 Å². The average Bonchev–Trinajstić information content (AvgIpc) is 1.88. The van der Waals surface area contributed by atoms with E-state index in [1.807, 2.05) is 0 Å². The van der Waals surface area contributed by atoms with Crippen LogP contribution in [0.4, 0.5) is 0 Å². The van der Waals surface area contributed by atoms with Gasteiger partial charge in [-0.05, 0) is 33.1 Å². The molecular weight excluding hydrogens is 136 g/mol. The van der Waals surface area contributed by atoms with Crippen molar-refractivity contribution in [2.24, 2.45) is 0 Å². The molecule has 1 nitrogen and oxygen atoms in total. The summed E-state index contributed by atoms with van der Waals surface area (Å²) in [5, 5.41) is 0. The van der Waals surface area contributed by atoms with E-state index in [2.05, 4.69) is 27.7 Å². The van der Waals surface area contributed by atoms with Crippen LogP contribution in [0.25, 0.3) is 0 Å². The number of hydrogen-bond donors (Lipinski definition) is 0. The molecule has 0 aliphatic carbocycles. The molecule has 0 aromatic carbocycles. The molecule has 0 amide bonds. The maximum atomic E-state index is 5.47. The predicted octanol–water partition coefficient (Wildman–Crippen LogP) is 3.38. The summed E-state index contributed by atoms with van der Waals surface area (Å²) in [7, 11) is 0. The Morgan fingerprint density at radius 1 is 1.18 bits per heavy atom. The lowest BCUT2D eigenvalue weighted by Gasteiger charge is -2.29. The zero-order chi connectivity index (χ0) is 8.74. The largest absolute Gasteiger partial charge is 0.376 e. The standard InChI is InChI=1S/C7H14O.C3H8/c1-7(2)5-3-4-6-8-7;1-3-2/h3-6H2,1-2H3;3H2,1-2H3. The molecule has 0 aromatic rings. The summed E-state index contributed by atoms with van der Waals surface area (Å²) in [6.45, 7) is 9.53. The highest BCUT2D eigenvalue weighted by atomic mass is 16.5. The number of hydrogen-bond acceptors (Lipinski definition) is 1. The number of ether oxygens (including phenoxy) is 1. The highest BCUT2D eigenvalue weighted by Gasteiger charge is 2.20. The predicted molar refractivity (Wildman–Crippen MR) is 49.8 cm³/mol. The Labute approximate surface area is 71.1 Å². The smallest absolute Gasteiger partial charge is 0.0626 e. The second-order valence-electron chi connectivity index (χ2n) is 3.77. The Hall–Kier alpha value is -0.0400. The lowest BCUT2D eigenvalue weighted by atomic mass is 9.99. The molecule has 1 aliphatic heterocycles. The molecule has 0 N–H and O–H groups in total. The third-order valence-electron chi connectivity index (χ3n) is 1.67. The Bertz CT molecular complexity index is 78.9. The van der Waals surface area contributed by atoms with Crippen LogP contribution < -0.4 is 0 Å². The molecule has 1 fully saturated rings. The van der Waals surface area contributed by atoms with E-state index in [1.165, 1.54) is 25.7 Å². The molecule has 68 valence electrons. The topological polar surface area (TPSA) is 9.23 Å². The van der Waals surface area contributed by atoms with Crippen LogP contribution in [0.2, 0.25) is 0 Å². The van der Waals surface area contributed by atoms with E-state index >= 15 is 0 Å². The molecule has 0 bridgehead atoms. The van der Waals surface area contributed by atoms with E-state index in [0.717, 1.165) is 6.61 Å². The molecular formula is C10H22O. The quantitative estimate of drug-likeness (QED) is 0.525. The monoisotopic (exact) mass is 158 g/mol. The summed E-state index contributed by atoms with van der Waals surface area (Å²) in [5.74, 6) is 0. The summed E-state index contributed by atoms with van der Waals surface area (Å²) in [5.41, 5.74) is 0.179. The van der Waals surface area contributed by atoms with Crippen LogP contribution in [0.5, 0.6) is 0 Å². The van der Waals surface area contributed by atoms with Crippen LogP contribution >= 0.6 is 0 Å². The second kappa shape index (κ2) is 5.59. The van der Waals surface area contributed by atoms with Crippen molar-refractivity contribution >= 4 is 0 Å². The molecule has 1 rings (SSSR count). The van der Waals surface area contributed by atoms with Crippen molar-refractivity contribution in [3.63, 3.8) is 0 Å². The minimum atomic E-state index is 0.179. The summed E-state index contributed by atoms with van der Waals surface area (Å²) in [4.78, 5) is 0. The second-order valence-corrected chi connectivity index (χ2v) is 3.77. The van der Waals surface area contributed by atoms with E-state index in [4.69, 9.17) is 4.74 Å². The van der Waals surface area contributed by atoms with Gasteiger partial charge in [-0.2, -0.15) is 0 Å². The summed E-state index contributed by atoms with van der Waals surface area (Å²) in [6, 6.07) is 0. The van der Waals surface area contributed by atoms with Gasteiger partial charge in [-0.15, -0.1) is 0 Å². The zero-order valence-corrected chi connectivity index (χ0v) is 8.44. The van der Waals surface area contributed by atoms with Gasteiger partial charge in [-0.25, -0.2) is 0 Å². The third-order valence-corrected chi connectivity index (χ3v) is 1.67. The Morgan fingerprint density at radius 2 is 1.73 bits per heavy atom. The van der Waals surface area contributed by atoms with Gasteiger partial charge in [0.05, 0.1) is 5.60 Å². The number of rotatable bonds is 0. The zero-order valence-electron chi connectivity index (χ0n) is 8.44. The van der Waals surface area contributed by atoms with Crippen molar-refractivity contribution in [2.45, 2.75) is 59.0 Å². The lowest BCUT2D eigenvalue weighted by Crippen LogP contribution is -2.28. The van der Waals surface area contributed by atoms with Crippen molar-refractivity contribution in [3.8, 4) is 0 Å². The fraction of sp³-hybridized carbons (Fsp3) is 1.00. The molecule has 1 saturated heterocycles. The van der Waals surface area contributed by atoms with Crippen molar-refractivity contribution < 1.29 is 4.74 Å². The average molecular weight is 158 g/mol. The molecule has 11 heavy (non-hydrogen) atoms. The fourth-order valence-electron chi connectivity index (χ4n) is 1.07. The Morgan fingerprint density at radius 3 is 1.91 bits per heavy atom. The van der Waals surface area contributed by atoms with Gasteiger partial charge in [0, 0.05) is 6.61 Å². The van der Waals surface area contributed by atoms with Crippen LogP contribution in [0.15, 0.2) is 0 Å². The molecule has 0 unspecified atom stereocenters. The summed E-state index contributed by atoms with van der Waals surface area (Å²) in [6.07, 6.45) is 5.07. The van der Waals surface area contributed by atoms with Gasteiger partial charge >= 0.3 is 0 Å². The lowest BCUT2D eigenvalue weighted by molar-refractivity contribution is -0.0511. The minimum Gasteiger partial charge on any atom is -0.376 e. The van der Waals surface area contributed by atoms with Crippen molar-refractivity contribution in [3.05, 3.63) is 0 Å². The van der Waals surface area contributed by atoms with Gasteiger partial charge in [0.2, 0.25) is 0 Å². The van der Waals surface area contributed by atoms with Crippen molar-refractivity contribution in [2.75, 3.05) is 6.61 Å². The maximum Gasteiger partial charge on any atom is 0.0626 e. The van der Waals surface area contributed by atoms with E-state index in [9.17, 15) is 0 Å². The Kier molecular flexibility index (Phi) is 5.57. The first-order valence-corrected chi connectivity index (χ1v) is 4.76. The van der Waals surface area contributed by atoms with Crippen LogP contribution in [0.1, 0.15) is 53.4 Å². The molecule has 1 aliphatic rings. The molecule has 0 spiro atoms. The van der Waals surface area contributed by atoms with Gasteiger partial charge in [0.15, 0.2) is 0 Å². The first-order valence-electron chi connectivity index (χ1n) is 4.76. The van der Waals surface area contributed by atoms with E-state index in [1.54, 1.807) is 0 Å². The summed E-state index contributed by atoms with van der Waals surface area (Å²) < 4.78 is 5.47. The van der Waals surface area contributed by atoms with Gasteiger partial charge in [-0.3, -0.25) is 0 Å². The van der Waals surface area contributed by atoms with Crippen LogP contribution in [0.3, 0.4) is 0 Å². The summed E-state index contributed by atoms with van der Waals surface area (Å²) >= 11 is 0. The molecule has 1 heteroatoms. The maximum absolute atomic E-state index is 5.47. The third kappa shape index (κ3) is 6.36. The molecule has 1 heterocycles. The van der Waals surface area contributed by atoms with E-state index < -0.39 is 0 Å². The van der Waals surface area contributed by atoms with Crippen molar-refractivity contribution in [1.82, 2.24) is 0 Å². The van der Waals surface area contributed by atoms with Crippen LogP contribution in [0, 0.1) is 0 Å². The minimum absolute atomic E-state index is 0.179. The first-order chi connectivity index (χ1) is 5.12. The SMILES string of the molecule is CC1(C)CCCCO1.CCC. The highest BCUT2D eigenvalue weighted by molar-refractivity contribution is 4.71. The van der Waals surface area contributed by atoms with Gasteiger partial charge in [-0.1, -0.05) is 20.3 Å². The highest BCUT2D eigenvalue weighted by Crippen LogP contribution is 2.22. The van der Waals surface area contributed by atoms with E-state index in [0.29, 0.717) is 0 Å². The molecule has 0 radical (unpaired) electrons. The van der Waals surface area contributed by atoms with Gasteiger partial charge in [0.1, 0.15) is 0 Å². The van der Waals surface area contributed by atoms with Crippen molar-refractivity contribution in [1.29, 1.82) is 0 Å². The van der Waals surface area contributed by atoms with Crippen LogP contribution in [-0.4, -0.2) is 12.2 Å². The first kappa shape index (κ1) is 11.0. The Balaban J connectivity index is 0.000000292.